The predicted octanol–water partition coefficient (Wildman–Crippen LogP) is 2.26. The van der Waals surface area contributed by atoms with Crippen molar-refractivity contribution in [1.82, 2.24) is 15.1 Å². The zero-order valence-electron chi connectivity index (χ0n) is 14.8. The summed E-state index contributed by atoms with van der Waals surface area (Å²) in [5.74, 6) is 1.22. The lowest BCUT2D eigenvalue weighted by Gasteiger charge is -2.28. The van der Waals surface area contributed by atoms with Gasteiger partial charge in [0.05, 0.1) is 17.3 Å². The molecule has 1 saturated carbocycles. The first kappa shape index (κ1) is 18.5. The molecule has 4 rings (SSSR count). The van der Waals surface area contributed by atoms with Crippen LogP contribution in [0.4, 0.5) is 0 Å². The van der Waals surface area contributed by atoms with E-state index in [2.05, 4.69) is 10.2 Å². The quantitative estimate of drug-likeness (QED) is 0.650. The van der Waals surface area contributed by atoms with E-state index in [0.29, 0.717) is 30.0 Å². The molecule has 1 atom stereocenters. The third-order valence-corrected chi connectivity index (χ3v) is 7.39. The second kappa shape index (κ2) is 7.63. The van der Waals surface area contributed by atoms with Gasteiger partial charge in [0.25, 0.3) is 5.22 Å². The molecule has 7 nitrogen and oxygen atoms in total. The number of aromatic nitrogens is 2. The third kappa shape index (κ3) is 4.70. The first-order valence-electron chi connectivity index (χ1n) is 9.00. The van der Waals surface area contributed by atoms with Crippen molar-refractivity contribution >= 4 is 27.5 Å². The number of nitrogens with zero attached hydrogens (tertiary/aromatic N) is 3. The summed E-state index contributed by atoms with van der Waals surface area (Å²) in [6, 6.07) is 9.34. The van der Waals surface area contributed by atoms with Crippen molar-refractivity contribution in [3.8, 4) is 0 Å². The third-order valence-electron chi connectivity index (χ3n) is 4.83. The van der Waals surface area contributed by atoms with E-state index in [4.69, 9.17) is 4.42 Å². The van der Waals surface area contributed by atoms with Crippen LogP contribution in [0.5, 0.6) is 0 Å². The summed E-state index contributed by atoms with van der Waals surface area (Å²) < 4.78 is 29.4. The van der Waals surface area contributed by atoms with Crippen LogP contribution in [0, 0.1) is 0 Å². The fourth-order valence-corrected chi connectivity index (χ4v) is 5.59. The predicted molar refractivity (Wildman–Crippen MR) is 101 cm³/mol. The zero-order valence-corrected chi connectivity index (χ0v) is 16.4. The molecule has 2 aromatic rings. The Balaban J connectivity index is 1.43. The summed E-state index contributed by atoms with van der Waals surface area (Å²) in [6.07, 6.45) is 2.64. The van der Waals surface area contributed by atoms with Crippen LogP contribution in [0.2, 0.25) is 0 Å². The van der Waals surface area contributed by atoms with Crippen LogP contribution >= 0.6 is 11.8 Å². The molecule has 1 amide bonds. The van der Waals surface area contributed by atoms with Crippen LogP contribution in [-0.4, -0.2) is 52.7 Å². The van der Waals surface area contributed by atoms with Gasteiger partial charge in [-0.15, -0.1) is 10.2 Å². The second-order valence-corrected chi connectivity index (χ2v) is 10.2. The minimum absolute atomic E-state index is 0.0304. The highest BCUT2D eigenvalue weighted by Gasteiger charge is 2.35. The normalized spacial score (nSPS) is 21.3. The lowest BCUT2D eigenvalue weighted by atomic mass is 10.1. The molecule has 0 bridgehead atoms. The Hall–Kier alpha value is -1.87. The van der Waals surface area contributed by atoms with Crippen molar-refractivity contribution in [3.05, 3.63) is 41.8 Å². The lowest BCUT2D eigenvalue weighted by Crippen LogP contribution is -2.41. The molecule has 27 heavy (non-hydrogen) atoms. The molecule has 1 aromatic heterocycles. The SMILES string of the molecule is O=C(CSc1nnc(C2CC2)o1)N(Cc1ccccc1)[C@@H]1CCS(=O)(=O)C1. The largest absolute Gasteiger partial charge is 0.416 e. The molecule has 9 heteroatoms. The van der Waals surface area contributed by atoms with Gasteiger partial charge in [-0.2, -0.15) is 0 Å². The van der Waals surface area contributed by atoms with Crippen molar-refractivity contribution < 1.29 is 17.6 Å². The maximum atomic E-state index is 12.9. The van der Waals surface area contributed by atoms with Crippen LogP contribution in [0.25, 0.3) is 0 Å². The van der Waals surface area contributed by atoms with Crippen LogP contribution in [0.3, 0.4) is 0 Å². The van der Waals surface area contributed by atoms with E-state index in [1.807, 2.05) is 30.3 Å². The van der Waals surface area contributed by atoms with E-state index in [9.17, 15) is 13.2 Å². The fourth-order valence-electron chi connectivity index (χ4n) is 3.20. The molecule has 0 N–H and O–H groups in total. The molecule has 1 aliphatic heterocycles. The van der Waals surface area contributed by atoms with E-state index < -0.39 is 9.84 Å². The topological polar surface area (TPSA) is 93.4 Å². The average Bonchev–Trinajstić information content (AvgIpc) is 3.29. The molecule has 1 saturated heterocycles. The number of thioether (sulfide) groups is 1. The van der Waals surface area contributed by atoms with Crippen LogP contribution in [0.15, 0.2) is 40.0 Å². The Morgan fingerprint density at radius 2 is 1.96 bits per heavy atom. The Morgan fingerprint density at radius 3 is 2.63 bits per heavy atom. The van der Waals surface area contributed by atoms with Crippen molar-refractivity contribution in [1.29, 1.82) is 0 Å². The van der Waals surface area contributed by atoms with Gasteiger partial charge >= 0.3 is 0 Å². The minimum atomic E-state index is -3.07. The van der Waals surface area contributed by atoms with Gasteiger partial charge in [0.1, 0.15) is 0 Å². The molecule has 2 heterocycles. The number of rotatable bonds is 7. The summed E-state index contributed by atoms with van der Waals surface area (Å²) in [5.41, 5.74) is 0.981. The Labute approximate surface area is 162 Å². The van der Waals surface area contributed by atoms with Gasteiger partial charge in [0.2, 0.25) is 11.8 Å². The van der Waals surface area contributed by atoms with E-state index >= 15 is 0 Å². The number of hydrogen-bond acceptors (Lipinski definition) is 7. The van der Waals surface area contributed by atoms with E-state index in [1.54, 1.807) is 4.90 Å². The molecule has 2 fully saturated rings. The standard InChI is InChI=1S/C18H21N3O4S2/c22-16(11-26-18-20-19-17(25-18)14-6-7-14)21(10-13-4-2-1-3-5-13)15-8-9-27(23,24)12-15/h1-5,14-15H,6-12H2/t15-/m1/s1. The Bertz CT molecular complexity index is 910. The summed E-state index contributed by atoms with van der Waals surface area (Å²) in [4.78, 5) is 14.6. The molecular formula is C18H21N3O4S2. The highest BCUT2D eigenvalue weighted by molar-refractivity contribution is 7.99. The zero-order chi connectivity index (χ0) is 18.9. The lowest BCUT2D eigenvalue weighted by molar-refractivity contribution is -0.130. The summed E-state index contributed by atoms with van der Waals surface area (Å²) >= 11 is 1.21. The van der Waals surface area contributed by atoms with Gasteiger partial charge in [-0.05, 0) is 24.8 Å². The first-order chi connectivity index (χ1) is 13.0. The van der Waals surface area contributed by atoms with Gasteiger partial charge in [-0.1, -0.05) is 42.1 Å². The van der Waals surface area contributed by atoms with Crippen LogP contribution in [0.1, 0.15) is 36.6 Å². The second-order valence-electron chi connectivity index (χ2n) is 7.03. The van der Waals surface area contributed by atoms with Gasteiger partial charge in [-0.25, -0.2) is 8.42 Å². The first-order valence-corrected chi connectivity index (χ1v) is 11.8. The minimum Gasteiger partial charge on any atom is -0.416 e. The summed E-state index contributed by atoms with van der Waals surface area (Å²) in [5, 5.41) is 8.41. The Morgan fingerprint density at radius 1 is 1.19 bits per heavy atom. The van der Waals surface area contributed by atoms with Gasteiger partial charge < -0.3 is 9.32 Å². The van der Waals surface area contributed by atoms with Crippen LogP contribution < -0.4 is 0 Å². The molecule has 0 radical (unpaired) electrons. The maximum absolute atomic E-state index is 12.9. The monoisotopic (exact) mass is 407 g/mol. The number of hydrogen-bond donors (Lipinski definition) is 0. The summed E-state index contributed by atoms with van der Waals surface area (Å²) in [6.45, 7) is 0.400. The van der Waals surface area contributed by atoms with E-state index in [0.717, 1.165) is 18.4 Å². The number of carbonyl (C=O) groups is 1. The number of amides is 1. The van der Waals surface area contributed by atoms with Crippen molar-refractivity contribution in [3.63, 3.8) is 0 Å². The maximum Gasteiger partial charge on any atom is 0.277 e. The smallest absolute Gasteiger partial charge is 0.277 e. The number of benzene rings is 1. The molecule has 1 aromatic carbocycles. The van der Waals surface area contributed by atoms with E-state index in [-0.39, 0.29) is 29.2 Å². The average molecular weight is 408 g/mol. The van der Waals surface area contributed by atoms with Crippen LogP contribution in [-0.2, 0) is 21.2 Å². The van der Waals surface area contributed by atoms with Gasteiger partial charge in [0, 0.05) is 18.5 Å². The van der Waals surface area contributed by atoms with Crippen molar-refractivity contribution in [2.24, 2.45) is 0 Å². The molecule has 1 aliphatic carbocycles. The molecule has 2 aliphatic rings. The number of sulfone groups is 1. The molecule has 144 valence electrons. The molecule has 0 unspecified atom stereocenters. The summed E-state index contributed by atoms with van der Waals surface area (Å²) in [7, 11) is -3.07. The van der Waals surface area contributed by atoms with Gasteiger partial charge in [-0.3, -0.25) is 4.79 Å². The molecular weight excluding hydrogens is 386 g/mol. The highest BCUT2D eigenvalue weighted by atomic mass is 32.2. The Kier molecular flexibility index (Phi) is 5.23. The highest BCUT2D eigenvalue weighted by Crippen LogP contribution is 2.39. The van der Waals surface area contributed by atoms with Gasteiger partial charge in [0.15, 0.2) is 9.84 Å². The van der Waals surface area contributed by atoms with Crippen molar-refractivity contribution in [2.75, 3.05) is 17.3 Å². The fraction of sp³-hybridized carbons (Fsp3) is 0.500. The molecule has 0 spiro atoms. The van der Waals surface area contributed by atoms with E-state index in [1.165, 1.54) is 11.8 Å². The van der Waals surface area contributed by atoms with Crippen molar-refractivity contribution in [2.45, 2.75) is 43.0 Å². The number of carbonyl (C=O) groups excluding carboxylic acids is 1.